The highest BCUT2D eigenvalue weighted by Crippen LogP contribution is 2.05. The Bertz CT molecular complexity index is 399. The second kappa shape index (κ2) is 7.82. The Balaban J connectivity index is 5.29. The van der Waals surface area contributed by atoms with Crippen molar-refractivity contribution in [1.29, 1.82) is 0 Å². The molecule has 8 nitrogen and oxygen atoms in total. The van der Waals surface area contributed by atoms with E-state index in [4.69, 9.17) is 5.73 Å². The molecule has 0 saturated heterocycles. The number of amides is 2. The normalized spacial score (nSPS) is 11.9. The molecule has 18 heavy (non-hydrogen) atoms. The van der Waals surface area contributed by atoms with E-state index in [-0.39, 0.29) is 13.2 Å². The summed E-state index contributed by atoms with van der Waals surface area (Å²) in [6.07, 6.45) is 0.645. The number of carbonyl (C=O) groups is 3. The number of carbonyl (C=O) groups excluding carboxylic acids is 3. The van der Waals surface area contributed by atoms with Crippen LogP contribution in [0.25, 0.3) is 0 Å². The van der Waals surface area contributed by atoms with E-state index in [0.717, 1.165) is 0 Å². The molecule has 0 aromatic rings. The van der Waals surface area contributed by atoms with Crippen LogP contribution in [-0.2, 0) is 19.1 Å². The summed E-state index contributed by atoms with van der Waals surface area (Å²) in [5.41, 5.74) is 4.14. The maximum Gasteiger partial charge on any atom is 0.374 e. The van der Waals surface area contributed by atoms with Crippen LogP contribution >= 0.6 is 0 Å². The van der Waals surface area contributed by atoms with Gasteiger partial charge in [0.15, 0.2) is 0 Å². The number of esters is 2. The standard InChI is InChI=1S/C10H14N2O6/c1-3-17-8(14)6(5-12-10(11)16)7(13)9(15)18-4-2/h5,13H,3-4H2,1-2H3,(H2,11,16). The number of aliphatic hydroxyl groups is 1. The molecular formula is C10H14N2O6. The van der Waals surface area contributed by atoms with Crippen molar-refractivity contribution in [3.8, 4) is 0 Å². The summed E-state index contributed by atoms with van der Waals surface area (Å²) >= 11 is 0. The first kappa shape index (κ1) is 15.6. The number of nitrogens with zero attached hydrogens (tertiary/aromatic N) is 1. The lowest BCUT2D eigenvalue weighted by Gasteiger charge is -2.05. The third kappa shape index (κ3) is 5.10. The summed E-state index contributed by atoms with van der Waals surface area (Å²) in [6.45, 7) is 3.07. The van der Waals surface area contributed by atoms with E-state index in [1.54, 1.807) is 0 Å². The molecule has 100 valence electrons. The lowest BCUT2D eigenvalue weighted by Crippen LogP contribution is -2.18. The van der Waals surface area contributed by atoms with Crippen LogP contribution in [-0.4, -0.2) is 42.5 Å². The zero-order valence-corrected chi connectivity index (χ0v) is 10.0. The SMILES string of the molecule is CCOC(=O)C(O)=C(C=NC(N)=O)C(=O)OCC. The number of hydrogen-bond acceptors (Lipinski definition) is 6. The smallest absolute Gasteiger partial charge is 0.374 e. The predicted octanol–water partition coefficient (Wildman–Crippen LogP) is 0.0742. The molecule has 0 aliphatic carbocycles. The summed E-state index contributed by atoms with van der Waals surface area (Å²) in [4.78, 5) is 36.2. The van der Waals surface area contributed by atoms with Crippen molar-refractivity contribution in [2.45, 2.75) is 13.8 Å². The van der Waals surface area contributed by atoms with Crippen molar-refractivity contribution < 1.29 is 29.0 Å². The molecule has 0 fully saturated rings. The zero-order chi connectivity index (χ0) is 14.1. The van der Waals surface area contributed by atoms with E-state index in [9.17, 15) is 19.5 Å². The lowest BCUT2D eigenvalue weighted by molar-refractivity contribution is -0.143. The maximum atomic E-state index is 11.4. The summed E-state index contributed by atoms with van der Waals surface area (Å²) < 4.78 is 9.07. The Labute approximate surface area is 103 Å². The van der Waals surface area contributed by atoms with Crippen molar-refractivity contribution in [2.75, 3.05) is 13.2 Å². The fraction of sp³-hybridized carbons (Fsp3) is 0.400. The van der Waals surface area contributed by atoms with Crippen LogP contribution in [0.15, 0.2) is 16.3 Å². The molecule has 0 radical (unpaired) electrons. The number of primary amides is 1. The predicted molar refractivity (Wildman–Crippen MR) is 61.0 cm³/mol. The summed E-state index contributed by atoms with van der Waals surface area (Å²) in [6, 6.07) is -1.09. The zero-order valence-electron chi connectivity index (χ0n) is 10.0. The summed E-state index contributed by atoms with van der Waals surface area (Å²) in [5, 5.41) is 9.48. The van der Waals surface area contributed by atoms with Crippen LogP contribution < -0.4 is 5.73 Å². The molecule has 0 aliphatic rings. The van der Waals surface area contributed by atoms with Crippen LogP contribution in [0.2, 0.25) is 0 Å². The summed E-state index contributed by atoms with van der Waals surface area (Å²) in [5.74, 6) is -3.15. The highest BCUT2D eigenvalue weighted by atomic mass is 16.5. The van der Waals surface area contributed by atoms with Gasteiger partial charge in [0.25, 0.3) is 0 Å². The van der Waals surface area contributed by atoms with Gasteiger partial charge in [-0.25, -0.2) is 19.4 Å². The minimum atomic E-state index is -1.13. The van der Waals surface area contributed by atoms with E-state index >= 15 is 0 Å². The third-order valence-electron chi connectivity index (χ3n) is 1.54. The monoisotopic (exact) mass is 258 g/mol. The van der Waals surface area contributed by atoms with Crippen LogP contribution in [0.5, 0.6) is 0 Å². The van der Waals surface area contributed by atoms with Gasteiger partial charge in [0.1, 0.15) is 5.57 Å². The Hall–Kier alpha value is -2.38. The number of aliphatic hydroxyl groups excluding tert-OH is 1. The van der Waals surface area contributed by atoms with Crippen LogP contribution in [0.1, 0.15) is 13.8 Å². The van der Waals surface area contributed by atoms with Gasteiger partial charge in [0.2, 0.25) is 5.76 Å². The minimum Gasteiger partial charge on any atom is -0.501 e. The van der Waals surface area contributed by atoms with Gasteiger partial charge in [0, 0.05) is 0 Å². The molecule has 0 aromatic heterocycles. The number of hydrogen-bond donors (Lipinski definition) is 2. The molecule has 0 bridgehead atoms. The van der Waals surface area contributed by atoms with Gasteiger partial charge in [-0.15, -0.1) is 0 Å². The molecule has 2 amide bonds. The Morgan fingerprint density at radius 1 is 1.17 bits per heavy atom. The largest absolute Gasteiger partial charge is 0.501 e. The van der Waals surface area contributed by atoms with Crippen molar-refractivity contribution in [1.82, 2.24) is 0 Å². The second-order valence-electron chi connectivity index (χ2n) is 2.80. The Morgan fingerprint density at radius 2 is 1.67 bits per heavy atom. The van der Waals surface area contributed by atoms with Crippen LogP contribution in [0.4, 0.5) is 4.79 Å². The van der Waals surface area contributed by atoms with Crippen LogP contribution in [0, 0.1) is 0 Å². The summed E-state index contributed by atoms with van der Waals surface area (Å²) in [7, 11) is 0. The highest BCUT2D eigenvalue weighted by molar-refractivity contribution is 6.15. The molecular weight excluding hydrogens is 244 g/mol. The quantitative estimate of drug-likeness (QED) is 0.311. The molecule has 0 aromatic carbocycles. The number of aliphatic imine (C=N–C) groups is 1. The van der Waals surface area contributed by atoms with Crippen LogP contribution in [0.3, 0.4) is 0 Å². The molecule has 0 unspecified atom stereocenters. The first-order chi connectivity index (χ1) is 8.43. The second-order valence-corrected chi connectivity index (χ2v) is 2.80. The van der Waals surface area contributed by atoms with Gasteiger partial charge >= 0.3 is 18.0 Å². The minimum absolute atomic E-state index is 0.00591. The van der Waals surface area contributed by atoms with E-state index in [0.29, 0.717) is 6.21 Å². The van der Waals surface area contributed by atoms with Crippen molar-refractivity contribution in [3.63, 3.8) is 0 Å². The fourth-order valence-corrected chi connectivity index (χ4v) is 0.857. The number of nitrogens with two attached hydrogens (primary N) is 1. The Kier molecular flexibility index (Phi) is 6.79. The molecule has 3 N–H and O–H groups in total. The molecule has 0 saturated carbocycles. The topological polar surface area (TPSA) is 128 Å². The average Bonchev–Trinajstić information content (AvgIpc) is 2.29. The number of rotatable bonds is 5. The van der Waals surface area contributed by atoms with Crippen molar-refractivity contribution in [3.05, 3.63) is 11.3 Å². The molecule has 0 heterocycles. The highest BCUT2D eigenvalue weighted by Gasteiger charge is 2.21. The van der Waals surface area contributed by atoms with Gasteiger partial charge < -0.3 is 20.3 Å². The van der Waals surface area contributed by atoms with Crippen molar-refractivity contribution in [2.24, 2.45) is 10.7 Å². The van der Waals surface area contributed by atoms with Gasteiger partial charge in [-0.05, 0) is 13.8 Å². The molecule has 0 rings (SSSR count). The van der Waals surface area contributed by atoms with E-state index in [2.05, 4.69) is 14.5 Å². The molecule has 0 aliphatic heterocycles. The molecule has 0 spiro atoms. The first-order valence-corrected chi connectivity index (χ1v) is 5.04. The van der Waals surface area contributed by atoms with E-state index in [1.165, 1.54) is 13.8 Å². The first-order valence-electron chi connectivity index (χ1n) is 5.04. The maximum absolute atomic E-state index is 11.4. The van der Waals surface area contributed by atoms with Gasteiger partial charge in [-0.2, -0.15) is 0 Å². The number of ether oxygens (including phenoxy) is 2. The van der Waals surface area contributed by atoms with E-state index < -0.39 is 29.3 Å². The molecule has 0 atom stereocenters. The fourth-order valence-electron chi connectivity index (χ4n) is 0.857. The average molecular weight is 258 g/mol. The van der Waals surface area contributed by atoms with Gasteiger partial charge in [-0.1, -0.05) is 0 Å². The van der Waals surface area contributed by atoms with Gasteiger partial charge in [0.05, 0.1) is 19.4 Å². The van der Waals surface area contributed by atoms with Gasteiger partial charge in [-0.3, -0.25) is 0 Å². The lowest BCUT2D eigenvalue weighted by atomic mass is 10.2. The van der Waals surface area contributed by atoms with E-state index in [1.807, 2.05) is 0 Å². The Morgan fingerprint density at radius 3 is 2.11 bits per heavy atom. The molecule has 8 heteroatoms. The third-order valence-corrected chi connectivity index (χ3v) is 1.54. The number of urea groups is 1. The van der Waals surface area contributed by atoms with Crippen molar-refractivity contribution >= 4 is 24.2 Å².